The molecule has 0 aromatic carbocycles. The Morgan fingerprint density at radius 3 is 1.89 bits per heavy atom. The van der Waals surface area contributed by atoms with E-state index < -0.39 is 53.9 Å². The topological polar surface area (TPSA) is 352 Å². The van der Waals surface area contributed by atoms with Crippen molar-refractivity contribution in [1.82, 2.24) is 20.9 Å². The Hall–Kier alpha value is -4.23. The normalized spacial score (nSPS) is 16.5. The third-order valence-electron chi connectivity index (χ3n) is 7.37. The van der Waals surface area contributed by atoms with Crippen LogP contribution in [-0.2, 0) is 24.0 Å². The number of nitrogens with two attached hydrogens (primary N) is 7. The van der Waals surface area contributed by atoms with Gasteiger partial charge in [-0.05, 0) is 70.8 Å². The molecule has 0 bridgehead atoms. The summed E-state index contributed by atoms with van der Waals surface area (Å²) in [6.07, 6.45) is 4.15. The van der Waals surface area contributed by atoms with Crippen LogP contribution in [0.2, 0.25) is 0 Å². The Kier molecular flexibility index (Phi) is 18.6. The average Bonchev–Trinajstić information content (AvgIpc) is 2.96. The second-order valence-corrected chi connectivity index (χ2v) is 11.1. The predicted octanol–water partition coefficient (Wildman–Crippen LogP) is -4.57. The second kappa shape index (κ2) is 21.5. The molecule has 0 aliphatic carbocycles. The van der Waals surface area contributed by atoms with Gasteiger partial charge in [0.25, 0.3) is 0 Å². The zero-order chi connectivity index (χ0) is 34.6. The molecule has 1 fully saturated rings. The largest absolute Gasteiger partial charge is 0.480 e. The van der Waals surface area contributed by atoms with Crippen LogP contribution in [0.3, 0.4) is 0 Å². The molecular formula is C27H53N13O6. The van der Waals surface area contributed by atoms with E-state index in [-0.39, 0.29) is 50.3 Å². The molecular weight excluding hydrogens is 602 g/mol. The van der Waals surface area contributed by atoms with E-state index in [0.29, 0.717) is 64.5 Å². The smallest absolute Gasteiger partial charge is 0.326 e. The van der Waals surface area contributed by atoms with Crippen LogP contribution in [0.1, 0.15) is 64.2 Å². The lowest BCUT2D eigenvalue weighted by molar-refractivity contribution is -0.151. The number of rotatable bonds is 23. The first-order chi connectivity index (χ1) is 21.8. The van der Waals surface area contributed by atoms with Crippen LogP contribution in [0, 0.1) is 0 Å². The summed E-state index contributed by atoms with van der Waals surface area (Å²) in [5.74, 6) is -3.26. The summed E-state index contributed by atoms with van der Waals surface area (Å²) < 4.78 is 0. The highest BCUT2D eigenvalue weighted by atomic mass is 16.4. The summed E-state index contributed by atoms with van der Waals surface area (Å²) in [5.41, 5.74) is 38.7. The van der Waals surface area contributed by atoms with Crippen molar-refractivity contribution in [2.75, 3.05) is 32.7 Å². The monoisotopic (exact) mass is 655 g/mol. The predicted molar refractivity (Wildman–Crippen MR) is 173 cm³/mol. The number of unbranched alkanes of at least 4 members (excludes halogenated alkanes) is 2. The van der Waals surface area contributed by atoms with Gasteiger partial charge in [-0.2, -0.15) is 0 Å². The van der Waals surface area contributed by atoms with E-state index in [1.807, 2.05) is 0 Å². The molecule has 1 rings (SSSR count). The van der Waals surface area contributed by atoms with Crippen molar-refractivity contribution in [2.45, 2.75) is 94.4 Å². The van der Waals surface area contributed by atoms with Gasteiger partial charge in [0, 0.05) is 26.2 Å². The fourth-order valence-electron chi connectivity index (χ4n) is 4.63. The van der Waals surface area contributed by atoms with Gasteiger partial charge in [-0.15, -0.1) is 0 Å². The van der Waals surface area contributed by atoms with Gasteiger partial charge in [0.1, 0.15) is 18.1 Å². The Balaban J connectivity index is 2.49. The zero-order valence-electron chi connectivity index (χ0n) is 26.4. The van der Waals surface area contributed by atoms with Gasteiger partial charge in [0.15, 0.2) is 11.9 Å². The third kappa shape index (κ3) is 15.2. The first kappa shape index (κ1) is 39.8. The van der Waals surface area contributed by atoms with E-state index in [9.17, 15) is 29.1 Å². The lowest BCUT2D eigenvalue weighted by Crippen LogP contribution is -2.64. The first-order valence-electron chi connectivity index (χ1n) is 15.5. The molecule has 0 radical (unpaired) electrons. The molecule has 0 saturated carbocycles. The number of aliphatic carboxylic acids is 1. The van der Waals surface area contributed by atoms with E-state index in [1.165, 1.54) is 4.90 Å². The van der Waals surface area contributed by atoms with E-state index in [0.717, 1.165) is 0 Å². The molecule has 262 valence electrons. The number of nitrogens with one attached hydrogen (secondary N) is 3. The van der Waals surface area contributed by atoms with Crippen molar-refractivity contribution in [1.29, 1.82) is 0 Å². The van der Waals surface area contributed by atoms with Crippen LogP contribution in [0.25, 0.3) is 0 Å². The molecule has 0 aromatic heterocycles. The number of carboxylic acids is 1. The summed E-state index contributed by atoms with van der Waals surface area (Å²) in [5, 5.41) is 17.4. The zero-order valence-corrected chi connectivity index (χ0v) is 26.4. The fraction of sp³-hybridized carbons (Fsp3) is 0.741. The van der Waals surface area contributed by atoms with Crippen molar-refractivity contribution >= 4 is 41.5 Å². The van der Waals surface area contributed by atoms with E-state index >= 15 is 0 Å². The Morgan fingerprint density at radius 1 is 0.761 bits per heavy atom. The molecule has 19 heteroatoms. The Bertz CT molecular complexity index is 1060. The van der Waals surface area contributed by atoms with Gasteiger partial charge in [0.05, 0.1) is 12.1 Å². The number of carboxylic acid groups (broad SMARTS) is 1. The number of carbonyl (C=O) groups excluding carboxylic acids is 4. The van der Waals surface area contributed by atoms with Crippen LogP contribution in [0.4, 0.5) is 0 Å². The van der Waals surface area contributed by atoms with Crippen LogP contribution in [0.15, 0.2) is 9.98 Å². The van der Waals surface area contributed by atoms with Crippen molar-refractivity contribution in [3.8, 4) is 0 Å². The lowest BCUT2D eigenvalue weighted by atomic mass is 9.98. The van der Waals surface area contributed by atoms with Gasteiger partial charge in [-0.1, -0.05) is 0 Å². The number of aliphatic imine (C=N–C) groups is 2. The second-order valence-electron chi connectivity index (χ2n) is 11.1. The number of nitrogens with zero attached hydrogens (tertiary/aromatic N) is 3. The van der Waals surface area contributed by atoms with Crippen LogP contribution in [0.5, 0.6) is 0 Å². The van der Waals surface area contributed by atoms with E-state index in [1.54, 1.807) is 0 Å². The van der Waals surface area contributed by atoms with Crippen molar-refractivity contribution in [3.05, 3.63) is 0 Å². The summed E-state index contributed by atoms with van der Waals surface area (Å²) in [6.45, 7) is 1.39. The van der Waals surface area contributed by atoms with Crippen LogP contribution < -0.4 is 56.1 Å². The van der Waals surface area contributed by atoms with Crippen molar-refractivity contribution in [3.63, 3.8) is 0 Å². The SMILES string of the molecule is NCC[C@H](NC(=O)[C@@H](N)CCCCNC(=O)[C@@H](N)CCCCN=C(N)N)C(=O)N1CC[C@H]1C(=O)N[C@@H](CCCN=C(N)N)C(=O)O. The molecule has 19 nitrogen and oxygen atoms in total. The van der Waals surface area contributed by atoms with Gasteiger partial charge in [-0.3, -0.25) is 29.2 Å². The Labute approximate surface area is 268 Å². The number of amides is 4. The van der Waals surface area contributed by atoms with Gasteiger partial charge in [-0.25, -0.2) is 4.79 Å². The minimum absolute atomic E-state index is 0.0216. The number of likely N-dealkylation sites (tertiary alicyclic amines) is 1. The van der Waals surface area contributed by atoms with Gasteiger partial charge < -0.3 is 66.1 Å². The molecule has 5 atom stereocenters. The van der Waals surface area contributed by atoms with Crippen LogP contribution >= 0.6 is 0 Å². The van der Waals surface area contributed by atoms with Crippen molar-refractivity contribution in [2.24, 2.45) is 50.1 Å². The summed E-state index contributed by atoms with van der Waals surface area (Å²) >= 11 is 0. The summed E-state index contributed by atoms with van der Waals surface area (Å²) in [6, 6.07) is -4.64. The van der Waals surface area contributed by atoms with Crippen molar-refractivity contribution < 1.29 is 29.1 Å². The number of carbonyl (C=O) groups is 5. The maximum Gasteiger partial charge on any atom is 0.326 e. The lowest BCUT2D eigenvalue weighted by Gasteiger charge is -2.42. The fourth-order valence-corrected chi connectivity index (χ4v) is 4.63. The highest BCUT2D eigenvalue weighted by Crippen LogP contribution is 2.20. The molecule has 46 heavy (non-hydrogen) atoms. The molecule has 0 spiro atoms. The minimum Gasteiger partial charge on any atom is -0.480 e. The maximum atomic E-state index is 13.2. The molecule has 0 aromatic rings. The summed E-state index contributed by atoms with van der Waals surface area (Å²) in [7, 11) is 0. The highest BCUT2D eigenvalue weighted by Gasteiger charge is 2.41. The van der Waals surface area contributed by atoms with E-state index in [2.05, 4.69) is 25.9 Å². The number of hydrogen-bond acceptors (Lipinski definition) is 10. The minimum atomic E-state index is -1.23. The molecule has 1 aliphatic heterocycles. The molecule has 1 heterocycles. The quantitative estimate of drug-likeness (QED) is 0.0281. The third-order valence-corrected chi connectivity index (χ3v) is 7.37. The molecule has 0 unspecified atom stereocenters. The van der Waals surface area contributed by atoms with Crippen LogP contribution in [-0.4, -0.2) is 114 Å². The molecule has 18 N–H and O–H groups in total. The maximum absolute atomic E-state index is 13.2. The standard InChI is InChI=1S/C27H53N13O6/c28-11-9-18(24(44)40-15-10-20(40)23(43)39-19(25(45)46)8-5-14-37-27(33)34)38-22(42)17(30)7-1-3-12-35-21(41)16(29)6-2-4-13-36-26(31)32/h16-20H,1-15,28-30H2,(H,35,41)(H,38,42)(H,39,43)(H,45,46)(H4,31,32,36)(H4,33,34,37)/t16-,17-,18-,19-,20-/m0/s1. The molecule has 4 amide bonds. The molecule has 1 saturated heterocycles. The highest BCUT2D eigenvalue weighted by molar-refractivity contribution is 5.95. The number of guanidine groups is 2. The van der Waals surface area contributed by atoms with E-state index in [4.69, 9.17) is 40.1 Å². The molecule has 1 aliphatic rings. The number of hydrogen-bond donors (Lipinski definition) is 11. The van der Waals surface area contributed by atoms with Gasteiger partial charge in [0.2, 0.25) is 23.6 Å². The van der Waals surface area contributed by atoms with Gasteiger partial charge >= 0.3 is 5.97 Å². The first-order valence-corrected chi connectivity index (χ1v) is 15.5. The average molecular weight is 656 g/mol. The summed E-state index contributed by atoms with van der Waals surface area (Å²) in [4.78, 5) is 71.6. The Morgan fingerprint density at radius 2 is 1.35 bits per heavy atom.